The lowest BCUT2D eigenvalue weighted by molar-refractivity contribution is -0.119. The van der Waals surface area contributed by atoms with Gasteiger partial charge >= 0.3 is 5.69 Å². The van der Waals surface area contributed by atoms with E-state index < -0.39 is 5.69 Å². The van der Waals surface area contributed by atoms with E-state index in [4.69, 9.17) is 5.26 Å². The second kappa shape index (κ2) is 9.04. The van der Waals surface area contributed by atoms with Crippen LogP contribution in [0.15, 0.2) is 40.2 Å². The van der Waals surface area contributed by atoms with Crippen LogP contribution >= 0.6 is 11.8 Å². The molecule has 2 aromatic rings. The van der Waals surface area contributed by atoms with E-state index in [-0.39, 0.29) is 22.7 Å². The Bertz CT molecular complexity index is 827. The molecule has 25 heavy (non-hydrogen) atoms. The van der Waals surface area contributed by atoms with Crippen molar-refractivity contribution in [3.05, 3.63) is 57.6 Å². The van der Waals surface area contributed by atoms with E-state index in [0.29, 0.717) is 11.3 Å². The van der Waals surface area contributed by atoms with E-state index in [2.05, 4.69) is 27.4 Å². The van der Waals surface area contributed by atoms with Gasteiger partial charge in [0.1, 0.15) is 16.7 Å². The number of carbonyl (C=O) groups is 1. The molecule has 1 aromatic carbocycles. The highest BCUT2D eigenvalue weighted by Crippen LogP contribution is 2.19. The maximum atomic E-state index is 12.1. The van der Waals surface area contributed by atoms with Crippen LogP contribution in [-0.2, 0) is 11.2 Å². The van der Waals surface area contributed by atoms with Crippen LogP contribution in [0.2, 0.25) is 0 Å². The molecule has 0 aliphatic heterocycles. The molecule has 2 N–H and O–H groups in total. The Kier molecular flexibility index (Phi) is 6.78. The summed E-state index contributed by atoms with van der Waals surface area (Å²) in [6.07, 6.45) is 1.73. The van der Waals surface area contributed by atoms with Gasteiger partial charge in [0.2, 0.25) is 5.91 Å². The highest BCUT2D eigenvalue weighted by atomic mass is 32.2. The molecule has 1 heterocycles. The van der Waals surface area contributed by atoms with E-state index in [1.807, 2.05) is 31.2 Å². The topological polar surface area (TPSA) is 98.6 Å². The highest BCUT2D eigenvalue weighted by molar-refractivity contribution is 8.00. The fourth-order valence-electron chi connectivity index (χ4n) is 2.35. The van der Waals surface area contributed by atoms with Crippen molar-refractivity contribution in [2.45, 2.75) is 37.8 Å². The van der Waals surface area contributed by atoms with Crippen molar-refractivity contribution in [2.24, 2.45) is 0 Å². The quantitative estimate of drug-likeness (QED) is 0.585. The van der Waals surface area contributed by atoms with Gasteiger partial charge in [-0.25, -0.2) is 4.79 Å². The summed E-state index contributed by atoms with van der Waals surface area (Å²) in [5, 5.41) is 12.4. The lowest BCUT2D eigenvalue weighted by atomic mass is 10.1. The number of amides is 1. The van der Waals surface area contributed by atoms with Gasteiger partial charge < -0.3 is 10.3 Å². The minimum atomic E-state index is -0.518. The first kappa shape index (κ1) is 18.7. The van der Waals surface area contributed by atoms with Gasteiger partial charge in [0, 0.05) is 11.7 Å². The minimum Gasteiger partial charge on any atom is -0.353 e. The lowest BCUT2D eigenvalue weighted by Gasteiger charge is -2.14. The van der Waals surface area contributed by atoms with Gasteiger partial charge in [-0.3, -0.25) is 4.79 Å². The average molecular weight is 356 g/mol. The van der Waals surface area contributed by atoms with Crippen molar-refractivity contribution in [1.29, 1.82) is 5.26 Å². The number of hydrogen-bond donors (Lipinski definition) is 2. The summed E-state index contributed by atoms with van der Waals surface area (Å²) in [6.45, 7) is 3.60. The van der Waals surface area contributed by atoms with Crippen LogP contribution in [0.5, 0.6) is 0 Å². The number of nitrogens with one attached hydrogen (secondary N) is 2. The number of aromatic amines is 1. The second-order valence-corrected chi connectivity index (χ2v) is 6.70. The average Bonchev–Trinajstić information content (AvgIpc) is 2.58. The molecule has 0 saturated heterocycles. The standard InChI is InChI=1S/C18H20N4O2S/c1-12(8-9-14-6-4-3-5-7-14)20-16(23)11-25-17-15(10-19)13(2)21-18(24)22-17/h3-7,12H,8-9,11H2,1-2H3,(H,20,23)(H,21,22,24)/t12-/m1/s1. The summed E-state index contributed by atoms with van der Waals surface area (Å²) in [5.41, 5.74) is 1.48. The summed E-state index contributed by atoms with van der Waals surface area (Å²) in [5.74, 6) is -0.0329. The van der Waals surface area contributed by atoms with E-state index in [9.17, 15) is 9.59 Å². The summed E-state index contributed by atoms with van der Waals surface area (Å²) >= 11 is 1.10. The molecule has 0 aliphatic rings. The van der Waals surface area contributed by atoms with Crippen molar-refractivity contribution in [3.8, 4) is 6.07 Å². The molecule has 1 atom stereocenters. The van der Waals surface area contributed by atoms with Crippen LogP contribution in [0.1, 0.15) is 30.2 Å². The van der Waals surface area contributed by atoms with E-state index >= 15 is 0 Å². The van der Waals surface area contributed by atoms with E-state index in [1.165, 1.54) is 5.56 Å². The molecule has 0 radical (unpaired) electrons. The molecule has 0 aliphatic carbocycles. The largest absolute Gasteiger partial charge is 0.353 e. The number of benzene rings is 1. The third-order valence-electron chi connectivity index (χ3n) is 3.65. The number of nitrogens with zero attached hydrogens (tertiary/aromatic N) is 2. The van der Waals surface area contributed by atoms with Crippen LogP contribution in [0, 0.1) is 18.3 Å². The van der Waals surface area contributed by atoms with Crippen LogP contribution in [0.25, 0.3) is 0 Å². The monoisotopic (exact) mass is 356 g/mol. The molecule has 0 saturated carbocycles. The summed E-state index contributed by atoms with van der Waals surface area (Å²) in [4.78, 5) is 29.8. The molecular weight excluding hydrogens is 336 g/mol. The molecule has 1 aromatic heterocycles. The lowest BCUT2D eigenvalue weighted by Crippen LogP contribution is -2.34. The van der Waals surface area contributed by atoms with E-state index in [1.54, 1.807) is 6.92 Å². The number of hydrogen-bond acceptors (Lipinski definition) is 5. The normalized spacial score (nSPS) is 11.6. The Hall–Kier alpha value is -2.59. The maximum Gasteiger partial charge on any atom is 0.346 e. The molecule has 7 heteroatoms. The summed E-state index contributed by atoms with van der Waals surface area (Å²) in [7, 11) is 0. The van der Waals surface area contributed by atoms with Gasteiger partial charge in [0.25, 0.3) is 0 Å². The number of nitriles is 1. The molecule has 0 spiro atoms. The molecule has 130 valence electrons. The first-order valence-corrected chi connectivity index (χ1v) is 8.95. The zero-order chi connectivity index (χ0) is 18.2. The number of H-pyrrole nitrogens is 1. The Morgan fingerprint density at radius 2 is 2.12 bits per heavy atom. The molecule has 0 fully saturated rings. The number of thioether (sulfide) groups is 1. The molecule has 0 bridgehead atoms. The Morgan fingerprint density at radius 3 is 2.80 bits per heavy atom. The predicted molar refractivity (Wildman–Crippen MR) is 97.4 cm³/mol. The number of carbonyl (C=O) groups excluding carboxylic acids is 1. The maximum absolute atomic E-state index is 12.1. The van der Waals surface area contributed by atoms with Gasteiger partial charge in [-0.1, -0.05) is 42.1 Å². The first-order valence-electron chi connectivity index (χ1n) is 7.96. The predicted octanol–water partition coefficient (Wildman–Crippen LogP) is 2.18. The fraction of sp³-hybridized carbons (Fsp3) is 0.333. The Labute approximate surface area is 150 Å². The van der Waals surface area contributed by atoms with Crippen LogP contribution in [0.4, 0.5) is 0 Å². The number of aromatic nitrogens is 2. The molecule has 2 rings (SSSR count). The molecule has 0 unspecified atom stereocenters. The third-order valence-corrected chi connectivity index (χ3v) is 4.63. The molecule has 6 nitrogen and oxygen atoms in total. The van der Waals surface area contributed by atoms with Gasteiger partial charge in [-0.2, -0.15) is 10.2 Å². The Morgan fingerprint density at radius 1 is 1.40 bits per heavy atom. The zero-order valence-electron chi connectivity index (χ0n) is 14.2. The van der Waals surface area contributed by atoms with Gasteiger partial charge in [0.15, 0.2) is 0 Å². The van der Waals surface area contributed by atoms with Crippen LogP contribution < -0.4 is 11.0 Å². The summed E-state index contributed by atoms with van der Waals surface area (Å²) in [6, 6.07) is 12.2. The van der Waals surface area contributed by atoms with Crippen molar-refractivity contribution in [1.82, 2.24) is 15.3 Å². The van der Waals surface area contributed by atoms with Crippen molar-refractivity contribution >= 4 is 17.7 Å². The van der Waals surface area contributed by atoms with Gasteiger partial charge in [-0.05, 0) is 32.3 Å². The minimum absolute atomic E-state index is 0.0395. The second-order valence-electron chi connectivity index (χ2n) is 5.74. The van der Waals surface area contributed by atoms with Crippen molar-refractivity contribution in [3.63, 3.8) is 0 Å². The van der Waals surface area contributed by atoms with Gasteiger partial charge in [-0.15, -0.1) is 0 Å². The van der Waals surface area contributed by atoms with Crippen molar-refractivity contribution < 1.29 is 4.79 Å². The fourth-order valence-corrected chi connectivity index (χ4v) is 3.19. The number of rotatable bonds is 7. The third kappa shape index (κ3) is 5.76. The Balaban J connectivity index is 1.85. The summed E-state index contributed by atoms with van der Waals surface area (Å²) < 4.78 is 0. The SMILES string of the molecule is Cc1[nH]c(=O)nc(SCC(=O)N[C@H](C)CCc2ccccc2)c1C#N. The highest BCUT2D eigenvalue weighted by Gasteiger charge is 2.13. The molecule has 1 amide bonds. The first-order chi connectivity index (χ1) is 12.0. The van der Waals surface area contributed by atoms with Crippen LogP contribution in [-0.4, -0.2) is 27.7 Å². The van der Waals surface area contributed by atoms with Gasteiger partial charge in [0.05, 0.1) is 5.75 Å². The smallest absolute Gasteiger partial charge is 0.346 e. The zero-order valence-corrected chi connectivity index (χ0v) is 15.0. The molecular formula is C18H20N4O2S. The number of aryl methyl sites for hydroxylation is 2. The van der Waals surface area contributed by atoms with Crippen molar-refractivity contribution in [2.75, 3.05) is 5.75 Å². The van der Waals surface area contributed by atoms with E-state index in [0.717, 1.165) is 24.6 Å². The van der Waals surface area contributed by atoms with Crippen LogP contribution in [0.3, 0.4) is 0 Å².